The zero-order valence-corrected chi connectivity index (χ0v) is 18.2. The summed E-state index contributed by atoms with van der Waals surface area (Å²) < 4.78 is 6.11. The fourth-order valence-electron chi connectivity index (χ4n) is 4.51. The van der Waals surface area contributed by atoms with Crippen LogP contribution in [-0.4, -0.2) is 36.9 Å². The lowest BCUT2D eigenvalue weighted by Gasteiger charge is -2.17. The van der Waals surface area contributed by atoms with Crippen molar-refractivity contribution in [1.29, 1.82) is 0 Å². The van der Waals surface area contributed by atoms with Crippen LogP contribution in [0.3, 0.4) is 0 Å². The Morgan fingerprint density at radius 2 is 1.47 bits per heavy atom. The van der Waals surface area contributed by atoms with Crippen LogP contribution in [0, 0.1) is 0 Å². The highest BCUT2D eigenvalue weighted by Crippen LogP contribution is 2.31. The number of nitrogens with zero attached hydrogens (tertiary/aromatic N) is 1. The molecule has 4 aromatic carbocycles. The zero-order valence-electron chi connectivity index (χ0n) is 18.2. The Balaban J connectivity index is 1.49. The van der Waals surface area contributed by atoms with Crippen molar-refractivity contribution in [3.05, 3.63) is 102 Å². The number of hydrogen-bond acceptors (Lipinski definition) is 3. The average molecular weight is 422 g/mol. The Bertz CT molecular complexity index is 1230. The first-order valence-corrected chi connectivity index (χ1v) is 11.4. The summed E-state index contributed by atoms with van der Waals surface area (Å²) in [5.74, 6) is 0.654. The number of carbonyl (C=O) groups excluding carboxylic acids is 1. The van der Waals surface area contributed by atoms with Crippen LogP contribution in [-0.2, 0) is 0 Å². The predicted octanol–water partition coefficient (Wildman–Crippen LogP) is 6.21. The third-order valence-corrected chi connectivity index (χ3v) is 6.21. The quantitative estimate of drug-likeness (QED) is 0.332. The summed E-state index contributed by atoms with van der Waals surface area (Å²) in [6.45, 7) is 3.77. The highest BCUT2D eigenvalue weighted by Gasteiger charge is 2.19. The van der Waals surface area contributed by atoms with Crippen LogP contribution < -0.4 is 4.74 Å². The Kier molecular flexibility index (Phi) is 6.00. The average Bonchev–Trinajstić information content (AvgIpc) is 3.37. The van der Waals surface area contributed by atoms with E-state index in [1.165, 1.54) is 12.8 Å². The number of fused-ring (bicyclic) bond motifs is 1. The van der Waals surface area contributed by atoms with Gasteiger partial charge in [0.2, 0.25) is 0 Å². The number of rotatable bonds is 7. The predicted molar refractivity (Wildman–Crippen MR) is 130 cm³/mol. The molecule has 1 aliphatic heterocycles. The normalized spacial score (nSPS) is 14.0. The van der Waals surface area contributed by atoms with E-state index in [9.17, 15) is 4.79 Å². The van der Waals surface area contributed by atoms with Gasteiger partial charge in [-0.3, -0.25) is 9.69 Å². The first-order chi connectivity index (χ1) is 15.8. The van der Waals surface area contributed by atoms with Gasteiger partial charge in [0.05, 0.1) is 5.56 Å². The van der Waals surface area contributed by atoms with Gasteiger partial charge in [-0.1, -0.05) is 66.7 Å². The van der Waals surface area contributed by atoms with E-state index in [-0.39, 0.29) is 5.78 Å². The fraction of sp³-hybridized carbons (Fsp3) is 0.207. The summed E-state index contributed by atoms with van der Waals surface area (Å²) in [7, 11) is 0. The second-order valence-corrected chi connectivity index (χ2v) is 8.33. The van der Waals surface area contributed by atoms with E-state index in [1.807, 2.05) is 66.7 Å². The molecule has 0 bridgehead atoms. The minimum absolute atomic E-state index is 0.00393. The zero-order chi connectivity index (χ0) is 21.8. The maximum Gasteiger partial charge on any atom is 0.197 e. The second kappa shape index (κ2) is 9.37. The maximum absolute atomic E-state index is 13.8. The lowest BCUT2D eigenvalue weighted by atomic mass is 9.92. The molecular formula is C29H27NO2. The number of ketones is 1. The van der Waals surface area contributed by atoms with Crippen LogP contribution in [0.25, 0.3) is 21.9 Å². The fourth-order valence-corrected chi connectivity index (χ4v) is 4.51. The third kappa shape index (κ3) is 4.30. The number of likely N-dealkylation sites (tertiary alicyclic amines) is 1. The molecule has 0 N–H and O–H groups in total. The molecule has 0 saturated carbocycles. The van der Waals surface area contributed by atoms with Gasteiger partial charge in [-0.05, 0) is 72.1 Å². The Morgan fingerprint density at radius 1 is 0.750 bits per heavy atom. The highest BCUT2D eigenvalue weighted by atomic mass is 16.5. The molecule has 32 heavy (non-hydrogen) atoms. The molecular weight excluding hydrogens is 394 g/mol. The number of hydrogen-bond donors (Lipinski definition) is 0. The van der Waals surface area contributed by atoms with Gasteiger partial charge >= 0.3 is 0 Å². The molecule has 3 heteroatoms. The molecule has 1 fully saturated rings. The Hall–Kier alpha value is -3.43. The summed E-state index contributed by atoms with van der Waals surface area (Å²) in [5, 5.41) is 2.02. The topological polar surface area (TPSA) is 29.5 Å². The maximum atomic E-state index is 13.8. The minimum Gasteiger partial charge on any atom is -0.491 e. The third-order valence-electron chi connectivity index (χ3n) is 6.21. The van der Waals surface area contributed by atoms with Crippen molar-refractivity contribution in [2.75, 3.05) is 26.2 Å². The molecule has 0 spiro atoms. The van der Waals surface area contributed by atoms with Crippen molar-refractivity contribution >= 4 is 16.6 Å². The van der Waals surface area contributed by atoms with Crippen LogP contribution in [0.1, 0.15) is 28.8 Å². The molecule has 0 atom stereocenters. The van der Waals surface area contributed by atoms with Crippen molar-refractivity contribution in [3.8, 4) is 16.9 Å². The number of ether oxygens (including phenoxy) is 1. The minimum atomic E-state index is -0.00393. The van der Waals surface area contributed by atoms with Gasteiger partial charge in [0.25, 0.3) is 0 Å². The first kappa shape index (κ1) is 20.5. The van der Waals surface area contributed by atoms with Crippen LogP contribution in [0.4, 0.5) is 0 Å². The Morgan fingerprint density at radius 3 is 2.31 bits per heavy atom. The lowest BCUT2D eigenvalue weighted by molar-refractivity contribution is 0.103. The first-order valence-electron chi connectivity index (χ1n) is 11.4. The van der Waals surface area contributed by atoms with E-state index < -0.39 is 0 Å². The van der Waals surface area contributed by atoms with E-state index >= 15 is 0 Å². The summed E-state index contributed by atoms with van der Waals surface area (Å²) in [6.07, 6.45) is 2.53. The molecule has 0 aliphatic carbocycles. The molecule has 1 aliphatic rings. The van der Waals surface area contributed by atoms with Crippen molar-refractivity contribution in [1.82, 2.24) is 4.90 Å². The van der Waals surface area contributed by atoms with Gasteiger partial charge in [-0.15, -0.1) is 0 Å². The van der Waals surface area contributed by atoms with E-state index in [2.05, 4.69) is 29.2 Å². The monoisotopic (exact) mass is 421 g/mol. The van der Waals surface area contributed by atoms with Crippen LogP contribution in [0.5, 0.6) is 5.75 Å². The molecule has 1 heterocycles. The molecule has 4 aromatic rings. The molecule has 3 nitrogen and oxygen atoms in total. The highest BCUT2D eigenvalue weighted by molar-refractivity contribution is 6.18. The summed E-state index contributed by atoms with van der Waals surface area (Å²) in [5.41, 5.74) is 3.46. The van der Waals surface area contributed by atoms with E-state index in [4.69, 9.17) is 4.74 Å². The van der Waals surface area contributed by atoms with Crippen molar-refractivity contribution in [2.45, 2.75) is 12.8 Å². The van der Waals surface area contributed by atoms with Gasteiger partial charge in [0, 0.05) is 12.1 Å². The molecule has 0 amide bonds. The number of carbonyl (C=O) groups is 1. The molecule has 0 aromatic heterocycles. The molecule has 0 unspecified atom stereocenters. The SMILES string of the molecule is O=C(c1ccccc1OCCN1CCCC1)c1cc(-c2ccccc2)cc2ccccc12. The van der Waals surface area contributed by atoms with Gasteiger partial charge in [-0.25, -0.2) is 0 Å². The van der Waals surface area contributed by atoms with Crippen molar-refractivity contribution in [2.24, 2.45) is 0 Å². The lowest BCUT2D eigenvalue weighted by Crippen LogP contribution is -2.25. The van der Waals surface area contributed by atoms with Crippen molar-refractivity contribution in [3.63, 3.8) is 0 Å². The number of benzene rings is 4. The van der Waals surface area contributed by atoms with Crippen LogP contribution >= 0.6 is 0 Å². The van der Waals surface area contributed by atoms with Gasteiger partial charge in [0.15, 0.2) is 5.78 Å². The summed E-state index contributed by atoms with van der Waals surface area (Å²) >= 11 is 0. The van der Waals surface area contributed by atoms with Gasteiger partial charge < -0.3 is 4.74 Å². The Labute approximate surface area is 189 Å². The van der Waals surface area contributed by atoms with Crippen LogP contribution in [0.2, 0.25) is 0 Å². The van der Waals surface area contributed by atoms with Gasteiger partial charge in [0.1, 0.15) is 12.4 Å². The standard InChI is InChI=1S/C29H27NO2/c31-29(26-14-6-7-15-28(26)32-19-18-30-16-8-9-17-30)27-21-24(22-10-2-1-3-11-22)20-23-12-4-5-13-25(23)27/h1-7,10-15,20-21H,8-9,16-19H2. The largest absolute Gasteiger partial charge is 0.491 e. The molecule has 0 radical (unpaired) electrons. The molecule has 160 valence electrons. The number of para-hydroxylation sites is 1. The second-order valence-electron chi connectivity index (χ2n) is 8.33. The van der Waals surface area contributed by atoms with Gasteiger partial charge in [-0.2, -0.15) is 0 Å². The van der Waals surface area contributed by atoms with Crippen LogP contribution in [0.15, 0.2) is 91.0 Å². The summed E-state index contributed by atoms with van der Waals surface area (Å²) in [6, 6.07) is 30.1. The molecule has 1 saturated heterocycles. The molecule has 5 rings (SSSR count). The van der Waals surface area contributed by atoms with E-state index in [1.54, 1.807) is 0 Å². The summed E-state index contributed by atoms with van der Waals surface area (Å²) in [4.78, 5) is 16.2. The van der Waals surface area contributed by atoms with Crippen molar-refractivity contribution < 1.29 is 9.53 Å². The van der Waals surface area contributed by atoms with E-state index in [0.717, 1.165) is 41.5 Å². The smallest absolute Gasteiger partial charge is 0.197 e. The van der Waals surface area contributed by atoms with E-state index in [0.29, 0.717) is 23.5 Å².